The van der Waals surface area contributed by atoms with Crippen LogP contribution in [-0.2, 0) is 39.3 Å². The molecule has 336 valence electrons. The molecule has 0 atom stereocenters. The molecule has 3 nitrogen and oxygen atoms in total. The summed E-state index contributed by atoms with van der Waals surface area (Å²) < 4.78 is 2.99. The van der Waals surface area contributed by atoms with Gasteiger partial charge in [-0.1, -0.05) is 271 Å². The van der Waals surface area contributed by atoms with Crippen LogP contribution in [0.25, 0.3) is 0 Å². The Morgan fingerprint density at radius 1 is 0.359 bits per heavy atom. The highest BCUT2D eigenvalue weighted by Crippen LogP contribution is 2.37. The fraction of sp³-hybridized carbons (Fsp3) is 0.264. The summed E-state index contributed by atoms with van der Waals surface area (Å²) in [5.74, 6) is 0. The van der Waals surface area contributed by atoms with Gasteiger partial charge in [0.05, 0.1) is 0 Å². The minimum atomic E-state index is 0.194. The first kappa shape index (κ1) is 53.4. The molecule has 64 heavy (non-hydrogen) atoms. The molecule has 0 aliphatic rings. The van der Waals surface area contributed by atoms with Crippen molar-refractivity contribution in [3.63, 3.8) is 0 Å². The van der Waals surface area contributed by atoms with Crippen LogP contribution in [0.15, 0.2) is 182 Å². The van der Waals surface area contributed by atoms with Crippen LogP contribution in [0, 0.1) is 0 Å². The van der Waals surface area contributed by atoms with Crippen LogP contribution in [0.5, 0.6) is 0 Å². The van der Waals surface area contributed by atoms with Crippen LogP contribution in [-0.4, -0.2) is 37.2 Å². The molecule has 0 aliphatic carbocycles. The lowest BCUT2D eigenvalue weighted by molar-refractivity contribution is 0.421. The van der Waals surface area contributed by atoms with E-state index in [1.807, 2.05) is 47.2 Å². The molecule has 0 N–H and O–H groups in total. The molecule has 0 radical (unpaired) electrons. The van der Waals surface area contributed by atoms with E-state index >= 15 is 0 Å². The van der Waals surface area contributed by atoms with E-state index in [1.54, 1.807) is 32.4 Å². The molecule has 6 aromatic carbocycles. The molecule has 6 rings (SSSR count). The maximum atomic E-state index is 5.93. The van der Waals surface area contributed by atoms with Crippen molar-refractivity contribution in [2.24, 2.45) is 0 Å². The van der Waals surface area contributed by atoms with Crippen molar-refractivity contribution in [3.05, 3.63) is 215 Å². The van der Waals surface area contributed by atoms with Gasteiger partial charge in [-0.25, -0.2) is 0 Å². The number of thiocarbonyl (C=S) groups is 3. The van der Waals surface area contributed by atoms with Crippen LogP contribution < -0.4 is 0 Å². The van der Waals surface area contributed by atoms with Crippen LogP contribution in [0.2, 0.25) is 0 Å². The summed E-state index contributed by atoms with van der Waals surface area (Å²) in [6.07, 6.45) is 0. The molecule has 0 fully saturated rings. The average Bonchev–Trinajstić information content (AvgIpc) is 3.28. The molecule has 0 heterocycles. The van der Waals surface area contributed by atoms with Gasteiger partial charge in [0.25, 0.3) is 0 Å². The lowest BCUT2D eigenvalue weighted by Gasteiger charge is -2.27. The van der Waals surface area contributed by atoms with Gasteiger partial charge < -0.3 is 14.7 Å². The minimum absolute atomic E-state index is 0.194. The molecule has 11 heteroatoms. The van der Waals surface area contributed by atoms with Crippen molar-refractivity contribution < 1.29 is 0 Å². The van der Waals surface area contributed by atoms with Crippen molar-refractivity contribution in [2.45, 2.75) is 90.3 Å². The van der Waals surface area contributed by atoms with Crippen molar-refractivity contribution in [1.82, 2.24) is 14.7 Å². The molecule has 0 saturated heterocycles. The number of rotatable bonds is 13. The average molecular weight is 997 g/mol. The second kappa shape index (κ2) is 28.7. The minimum Gasteiger partial charge on any atom is -0.348 e. The normalized spacial score (nSPS) is 10.9. The molecular weight excluding hydrogens is 935 g/mol. The van der Waals surface area contributed by atoms with E-state index in [4.69, 9.17) is 36.7 Å². The fourth-order valence-corrected chi connectivity index (χ4v) is 10.6. The van der Waals surface area contributed by atoms with Gasteiger partial charge in [-0.3, -0.25) is 0 Å². The second-order valence-electron chi connectivity index (χ2n) is 16.9. The Morgan fingerprint density at radius 3 is 0.703 bits per heavy atom. The van der Waals surface area contributed by atoms with E-state index in [0.29, 0.717) is 0 Å². The van der Waals surface area contributed by atoms with Crippen LogP contribution in [0.3, 0.4) is 0 Å². The SMILES string of the molecule is CC(C)(C)S.CC(C)(C)SSC(=S)N(Cc1ccccc1)Cc1ccccc1.S=C(SSC(=S)N(Cc1ccccc1)Cc1ccccc1)N(Cc1ccccc1)Cc1ccccc1. The molecule has 0 aliphatic heterocycles. The summed E-state index contributed by atoms with van der Waals surface area (Å²) >= 11 is 21.7. The van der Waals surface area contributed by atoms with Gasteiger partial charge in [-0.2, -0.15) is 12.6 Å². The highest BCUT2D eigenvalue weighted by atomic mass is 33.1. The zero-order valence-corrected chi connectivity index (χ0v) is 44.3. The Morgan fingerprint density at radius 2 is 0.531 bits per heavy atom. The summed E-state index contributed by atoms with van der Waals surface area (Å²) in [7, 11) is 6.67. The molecule has 0 amide bonds. The smallest absolute Gasteiger partial charge is 0.148 e. The van der Waals surface area contributed by atoms with Crippen molar-refractivity contribution in [2.75, 3.05) is 0 Å². The number of hydrogen-bond donors (Lipinski definition) is 1. The Hall–Kier alpha value is -3.26. The zero-order valence-electron chi connectivity index (χ0n) is 37.7. The van der Waals surface area contributed by atoms with Gasteiger partial charge in [0.1, 0.15) is 13.0 Å². The van der Waals surface area contributed by atoms with Crippen LogP contribution in [0.1, 0.15) is 74.9 Å². The topological polar surface area (TPSA) is 9.72 Å². The monoisotopic (exact) mass is 995 g/mol. The number of hydrogen-bond acceptors (Lipinski definition) is 8. The summed E-state index contributed by atoms with van der Waals surface area (Å²) in [6.45, 7) is 17.5. The zero-order chi connectivity index (χ0) is 46.2. The third-order valence-corrected chi connectivity index (χ3v) is 16.4. The molecule has 0 unspecified atom stereocenters. The van der Waals surface area contributed by atoms with E-state index in [9.17, 15) is 0 Å². The molecular formula is C53H61N3S8. The maximum Gasteiger partial charge on any atom is 0.148 e. The first-order chi connectivity index (χ1) is 30.6. The number of benzene rings is 6. The van der Waals surface area contributed by atoms with Crippen LogP contribution >= 0.6 is 92.5 Å². The molecule has 6 aromatic rings. The first-order valence-corrected chi connectivity index (χ1v) is 27.1. The molecule has 0 spiro atoms. The summed E-state index contributed by atoms with van der Waals surface area (Å²) in [5, 5.41) is 0. The van der Waals surface area contributed by atoms with Crippen LogP contribution in [0.4, 0.5) is 0 Å². The van der Waals surface area contributed by atoms with Crippen molar-refractivity contribution >= 4 is 105 Å². The number of thiol groups is 1. The number of nitrogens with zero attached hydrogens (tertiary/aromatic N) is 3. The summed E-state index contributed by atoms with van der Waals surface area (Å²) in [4.78, 5) is 6.78. The molecule has 0 aromatic heterocycles. The van der Waals surface area contributed by atoms with E-state index in [2.05, 4.69) is 214 Å². The summed E-state index contributed by atoms with van der Waals surface area (Å²) in [6, 6.07) is 62.9. The third-order valence-electron chi connectivity index (χ3n) is 8.62. The Bertz CT molecular complexity index is 1990. The quantitative estimate of drug-likeness (QED) is 0.0678. The first-order valence-electron chi connectivity index (χ1n) is 21.1. The predicted octanol–water partition coefficient (Wildman–Crippen LogP) is 16.2. The van der Waals surface area contributed by atoms with Gasteiger partial charge in [0.15, 0.2) is 0 Å². The third kappa shape index (κ3) is 23.3. The second-order valence-corrected chi connectivity index (χ2v) is 25.2. The largest absolute Gasteiger partial charge is 0.348 e. The van der Waals surface area contributed by atoms with E-state index < -0.39 is 0 Å². The summed E-state index contributed by atoms with van der Waals surface area (Å²) in [5.41, 5.74) is 7.51. The van der Waals surface area contributed by atoms with Gasteiger partial charge in [0, 0.05) is 48.8 Å². The Labute approximate surface area is 422 Å². The van der Waals surface area contributed by atoms with Gasteiger partial charge in [0.2, 0.25) is 0 Å². The van der Waals surface area contributed by atoms with Gasteiger partial charge in [-0.15, -0.1) is 0 Å². The standard InChI is InChI=1S/C30H28N2S4.C19H23NS3.C4H10S/c33-29(31(21-25-13-5-1-6-14-25)22-26-15-7-2-8-16-26)35-36-30(34)32(23-27-17-9-3-10-18-27)24-28-19-11-4-12-20-28;1-19(2,3)23-22-18(21)20(14-16-10-6-4-7-11-16)15-17-12-8-5-9-13-17;1-4(2,3)5/h1-20H,21-24H2;4-13H,14-15H2,1-3H3;5H,1-3H3. The van der Waals surface area contributed by atoms with Gasteiger partial charge in [-0.05, 0) is 65.8 Å². The highest BCUT2D eigenvalue weighted by molar-refractivity contribution is 8.89. The van der Waals surface area contributed by atoms with E-state index in [-0.39, 0.29) is 9.49 Å². The maximum absolute atomic E-state index is 5.93. The molecule has 0 bridgehead atoms. The van der Waals surface area contributed by atoms with E-state index in [0.717, 1.165) is 52.2 Å². The Kier molecular flexibility index (Phi) is 23.9. The lowest BCUT2D eigenvalue weighted by atomic mass is 10.2. The van der Waals surface area contributed by atoms with Gasteiger partial charge >= 0.3 is 0 Å². The van der Waals surface area contributed by atoms with Crippen molar-refractivity contribution in [1.29, 1.82) is 0 Å². The molecule has 0 saturated carbocycles. The van der Waals surface area contributed by atoms with E-state index in [1.165, 1.54) is 33.4 Å². The lowest BCUT2D eigenvalue weighted by Crippen LogP contribution is -2.28. The van der Waals surface area contributed by atoms with Crippen molar-refractivity contribution in [3.8, 4) is 0 Å². The predicted molar refractivity (Wildman–Crippen MR) is 303 cm³/mol. The Balaban J connectivity index is 0.000000274. The fourth-order valence-electron chi connectivity index (χ4n) is 5.77. The highest BCUT2D eigenvalue weighted by Gasteiger charge is 2.19.